The smallest absolute Gasteiger partial charge is 0.124 e. The lowest BCUT2D eigenvalue weighted by molar-refractivity contribution is 0.536. The molecule has 122 valence electrons. The molecule has 0 bridgehead atoms. The summed E-state index contributed by atoms with van der Waals surface area (Å²) < 4.78 is 0. The number of rotatable bonds is 16. The van der Waals surface area contributed by atoms with E-state index < -0.39 is 0 Å². The summed E-state index contributed by atoms with van der Waals surface area (Å²) in [6, 6.07) is 0. The molecule has 0 unspecified atom stereocenters. The first kappa shape index (κ1) is 20.2. The Kier molecular flexibility index (Phi) is 18.4. The molecule has 1 nitrogen and oxygen atoms in total. The average Bonchev–Trinajstić information content (AvgIpc) is 2.50. The van der Waals surface area contributed by atoms with Crippen LogP contribution < -0.4 is 0 Å². The molecule has 0 aromatic rings. The molecular formula is C20H36O. The predicted octanol–water partition coefficient (Wildman–Crippen LogP) is 6.80. The maximum Gasteiger partial charge on any atom is 0.124 e. The van der Waals surface area contributed by atoms with Crippen LogP contribution >= 0.6 is 0 Å². The third-order valence-electron chi connectivity index (χ3n) is 4.02. The van der Waals surface area contributed by atoms with E-state index in [4.69, 9.17) is 0 Å². The number of carbonyl (C=O) groups excluding carboxylic acids is 1. The highest BCUT2D eigenvalue weighted by Gasteiger charge is 1.93. The second-order valence-corrected chi connectivity index (χ2v) is 6.10. The van der Waals surface area contributed by atoms with Crippen LogP contribution in [0.25, 0.3) is 0 Å². The van der Waals surface area contributed by atoms with E-state index in [9.17, 15) is 4.79 Å². The third-order valence-corrected chi connectivity index (χ3v) is 4.02. The summed E-state index contributed by atoms with van der Waals surface area (Å²) in [5.74, 6) is 1.76. The first-order valence-electron chi connectivity index (χ1n) is 9.27. The lowest BCUT2D eigenvalue weighted by Gasteiger charge is -2.02. The van der Waals surface area contributed by atoms with Gasteiger partial charge in [0, 0.05) is 6.08 Å². The highest BCUT2D eigenvalue weighted by atomic mass is 16.1. The second-order valence-electron chi connectivity index (χ2n) is 6.10. The van der Waals surface area contributed by atoms with Gasteiger partial charge < -0.3 is 0 Å². The van der Waals surface area contributed by atoms with Crippen LogP contribution in [0.2, 0.25) is 0 Å². The van der Waals surface area contributed by atoms with Crippen LogP contribution in [0.5, 0.6) is 0 Å². The third kappa shape index (κ3) is 19.2. The van der Waals surface area contributed by atoms with Gasteiger partial charge in [-0.05, 0) is 12.8 Å². The van der Waals surface area contributed by atoms with Crippen molar-refractivity contribution < 1.29 is 4.79 Å². The normalized spacial score (nSPS) is 10.9. The van der Waals surface area contributed by atoms with Crippen molar-refractivity contribution in [2.24, 2.45) is 0 Å². The standard InChI is InChI=1S/C20H36O/c1-2-3-4-5-6-7-8-9-10-11-12-13-14-15-16-17-18-19-20-21/h17-19H,2-16H2,1H3. The van der Waals surface area contributed by atoms with Crippen LogP contribution in [-0.2, 0) is 4.79 Å². The maximum atomic E-state index is 9.93. The number of unbranched alkanes of at least 4 members (excludes halogenated alkanes) is 14. The van der Waals surface area contributed by atoms with Gasteiger partial charge in [0.1, 0.15) is 5.94 Å². The SMILES string of the molecule is CCCCCCCCCCCCCCCCC=CC=C=O. The van der Waals surface area contributed by atoms with E-state index in [1.165, 1.54) is 96.0 Å². The fourth-order valence-corrected chi connectivity index (χ4v) is 2.66. The summed E-state index contributed by atoms with van der Waals surface area (Å²) in [4.78, 5) is 9.93. The first-order valence-corrected chi connectivity index (χ1v) is 9.27. The molecule has 0 spiro atoms. The summed E-state index contributed by atoms with van der Waals surface area (Å²) in [6.07, 6.45) is 26.0. The Balaban J connectivity index is 3.01. The Bertz CT molecular complexity index is 261. The Morgan fingerprint density at radius 3 is 1.52 bits per heavy atom. The lowest BCUT2D eigenvalue weighted by atomic mass is 10.0. The van der Waals surface area contributed by atoms with Crippen LogP contribution in [-0.4, -0.2) is 5.94 Å². The summed E-state index contributed by atoms with van der Waals surface area (Å²) in [7, 11) is 0. The molecule has 0 N–H and O–H groups in total. The fraction of sp³-hybridized carbons (Fsp3) is 0.800. The van der Waals surface area contributed by atoms with Crippen LogP contribution in [0, 0.1) is 0 Å². The van der Waals surface area contributed by atoms with Crippen LogP contribution in [0.4, 0.5) is 0 Å². The Morgan fingerprint density at radius 1 is 0.667 bits per heavy atom. The topological polar surface area (TPSA) is 17.1 Å². The van der Waals surface area contributed by atoms with Gasteiger partial charge in [-0.1, -0.05) is 103 Å². The van der Waals surface area contributed by atoms with Gasteiger partial charge >= 0.3 is 0 Å². The van der Waals surface area contributed by atoms with Crippen molar-refractivity contribution in [3.8, 4) is 0 Å². The second kappa shape index (κ2) is 19.2. The van der Waals surface area contributed by atoms with Gasteiger partial charge in [-0.3, -0.25) is 0 Å². The summed E-state index contributed by atoms with van der Waals surface area (Å²) in [6.45, 7) is 2.28. The van der Waals surface area contributed by atoms with E-state index in [2.05, 4.69) is 13.0 Å². The molecule has 0 radical (unpaired) electrons. The van der Waals surface area contributed by atoms with Gasteiger partial charge in [-0.15, -0.1) is 0 Å². The van der Waals surface area contributed by atoms with Crippen molar-refractivity contribution in [3.05, 3.63) is 18.2 Å². The molecular weight excluding hydrogens is 256 g/mol. The van der Waals surface area contributed by atoms with Crippen molar-refractivity contribution in [2.75, 3.05) is 0 Å². The quantitative estimate of drug-likeness (QED) is 0.174. The van der Waals surface area contributed by atoms with Crippen LogP contribution in [0.1, 0.15) is 103 Å². The number of hydrogen-bond donors (Lipinski definition) is 0. The number of allylic oxidation sites excluding steroid dienone is 3. The minimum atomic E-state index is 1.09. The van der Waals surface area contributed by atoms with Gasteiger partial charge in [0.2, 0.25) is 0 Å². The predicted molar refractivity (Wildman–Crippen MR) is 94.3 cm³/mol. The largest absolute Gasteiger partial charge is 0.234 e. The van der Waals surface area contributed by atoms with E-state index in [0.717, 1.165) is 6.42 Å². The van der Waals surface area contributed by atoms with E-state index >= 15 is 0 Å². The fourth-order valence-electron chi connectivity index (χ4n) is 2.66. The van der Waals surface area contributed by atoms with Crippen LogP contribution in [0.15, 0.2) is 18.2 Å². The van der Waals surface area contributed by atoms with Crippen molar-refractivity contribution in [2.45, 2.75) is 103 Å². The van der Waals surface area contributed by atoms with E-state index in [1.807, 2.05) is 0 Å². The molecule has 0 rings (SSSR count). The molecule has 0 fully saturated rings. The summed E-state index contributed by atoms with van der Waals surface area (Å²) in [5.41, 5.74) is 0. The van der Waals surface area contributed by atoms with E-state index in [1.54, 1.807) is 12.0 Å². The van der Waals surface area contributed by atoms with Gasteiger partial charge in [0.05, 0.1) is 0 Å². The molecule has 0 aromatic carbocycles. The molecule has 0 aliphatic carbocycles. The van der Waals surface area contributed by atoms with Crippen molar-refractivity contribution in [1.29, 1.82) is 0 Å². The van der Waals surface area contributed by atoms with Crippen molar-refractivity contribution in [1.82, 2.24) is 0 Å². The van der Waals surface area contributed by atoms with Crippen molar-refractivity contribution >= 4 is 5.94 Å². The zero-order valence-electron chi connectivity index (χ0n) is 14.2. The molecule has 0 aliphatic rings. The summed E-state index contributed by atoms with van der Waals surface area (Å²) in [5, 5.41) is 0. The summed E-state index contributed by atoms with van der Waals surface area (Å²) >= 11 is 0. The van der Waals surface area contributed by atoms with E-state index in [-0.39, 0.29) is 0 Å². The average molecular weight is 293 g/mol. The first-order chi connectivity index (χ1) is 10.4. The van der Waals surface area contributed by atoms with Crippen molar-refractivity contribution in [3.63, 3.8) is 0 Å². The maximum absolute atomic E-state index is 9.93. The molecule has 0 amide bonds. The minimum absolute atomic E-state index is 1.09. The molecule has 0 saturated heterocycles. The molecule has 0 heterocycles. The molecule has 0 aliphatic heterocycles. The highest BCUT2D eigenvalue weighted by Crippen LogP contribution is 2.13. The monoisotopic (exact) mass is 292 g/mol. The Hall–Kier alpha value is -0.810. The molecule has 0 saturated carbocycles. The number of hydrogen-bond acceptors (Lipinski definition) is 1. The molecule has 0 atom stereocenters. The zero-order chi connectivity index (χ0) is 15.4. The minimum Gasteiger partial charge on any atom is -0.234 e. The van der Waals surface area contributed by atoms with E-state index in [0.29, 0.717) is 0 Å². The van der Waals surface area contributed by atoms with Gasteiger partial charge in [-0.2, -0.15) is 0 Å². The Morgan fingerprint density at radius 2 is 1.10 bits per heavy atom. The lowest BCUT2D eigenvalue weighted by Crippen LogP contribution is -1.83. The van der Waals surface area contributed by atoms with Gasteiger partial charge in [-0.25, -0.2) is 4.79 Å². The van der Waals surface area contributed by atoms with Crippen LogP contribution in [0.3, 0.4) is 0 Å². The van der Waals surface area contributed by atoms with Gasteiger partial charge in [0.15, 0.2) is 0 Å². The molecule has 1 heteroatoms. The molecule has 21 heavy (non-hydrogen) atoms. The highest BCUT2D eigenvalue weighted by molar-refractivity contribution is 5.48. The zero-order valence-corrected chi connectivity index (χ0v) is 14.2. The van der Waals surface area contributed by atoms with Gasteiger partial charge in [0.25, 0.3) is 0 Å². The Labute approximate surface area is 132 Å². The molecule has 0 aromatic heterocycles.